The van der Waals surface area contributed by atoms with E-state index in [1.807, 2.05) is 0 Å². The van der Waals surface area contributed by atoms with Gasteiger partial charge in [0.15, 0.2) is 0 Å². The zero-order chi connectivity index (χ0) is 2.00. The van der Waals surface area contributed by atoms with Crippen LogP contribution in [0.5, 0.6) is 0 Å². The Morgan fingerprint density at radius 2 is 1.50 bits per heavy atom. The van der Waals surface area contributed by atoms with Crippen molar-refractivity contribution in [3.63, 3.8) is 0 Å². The molecule has 0 bridgehead atoms. The fourth-order valence-electron chi connectivity index (χ4n) is 0. The Bertz CT molecular complexity index is 11.6. The normalized spacial score (nSPS) is 0.750. The first-order chi connectivity index (χ1) is 1.00. The van der Waals surface area contributed by atoms with Crippen LogP contribution in [0.15, 0.2) is 0 Å². The summed E-state index contributed by atoms with van der Waals surface area (Å²) >= 11 is 0.300. The molecule has 0 amide bonds. The summed E-state index contributed by atoms with van der Waals surface area (Å²) in [6, 6.07) is 0. The Balaban J connectivity index is -0.00000000167. The van der Waals surface area contributed by atoms with Gasteiger partial charge < -0.3 is 1.43 Å². The monoisotopic (exact) mass is 169 g/mol. The minimum atomic E-state index is 0. The van der Waals surface area contributed by atoms with Crippen molar-refractivity contribution < 1.29 is 64.9 Å². The predicted octanol–water partition coefficient (Wildman–Crippen LogP) is -3.01. The quantitative estimate of drug-likeness (QED) is 0.354. The van der Waals surface area contributed by atoms with Crippen molar-refractivity contribution in [2.24, 2.45) is 0 Å². The molecule has 0 fully saturated rings. The van der Waals surface area contributed by atoms with Gasteiger partial charge in [0.1, 0.15) is 0 Å². The molecule has 0 heterocycles. The number of hydrogen-bond acceptors (Lipinski definition) is 1. The molecule has 0 rings (SSSR count). The van der Waals surface area contributed by atoms with Gasteiger partial charge in [-0.1, -0.05) is 0 Å². The SMILES string of the molecule is [H-].[Li+].[Mn].[O]=[Zr]. The topological polar surface area (TPSA) is 17.1 Å². The third-order valence-corrected chi connectivity index (χ3v) is 0. The van der Waals surface area contributed by atoms with Crippen molar-refractivity contribution in [1.82, 2.24) is 0 Å². The van der Waals surface area contributed by atoms with Crippen molar-refractivity contribution in [3.05, 3.63) is 0 Å². The molecule has 4 heavy (non-hydrogen) atoms. The molecule has 19 valence electrons. The van der Waals surface area contributed by atoms with Crippen LogP contribution in [0.4, 0.5) is 0 Å². The van der Waals surface area contributed by atoms with Crippen LogP contribution in [0, 0.1) is 0 Å². The van der Waals surface area contributed by atoms with Crippen LogP contribution in [-0.2, 0) is 44.6 Å². The molecular weight excluding hydrogens is 169 g/mol. The molecule has 1 radical (unpaired) electrons. The van der Waals surface area contributed by atoms with E-state index in [2.05, 4.69) is 0 Å². The van der Waals surface area contributed by atoms with E-state index in [1.165, 1.54) is 0 Å². The molecule has 0 spiro atoms. The maximum absolute atomic E-state index is 8.34. The first-order valence-corrected chi connectivity index (χ1v) is 1.21. The van der Waals surface area contributed by atoms with Gasteiger partial charge in [0.25, 0.3) is 0 Å². The van der Waals surface area contributed by atoms with Crippen LogP contribution in [0.3, 0.4) is 0 Å². The van der Waals surface area contributed by atoms with Crippen molar-refractivity contribution >= 4 is 0 Å². The van der Waals surface area contributed by atoms with Crippen molar-refractivity contribution in [1.29, 1.82) is 0 Å². The minimum absolute atomic E-state index is 0. The summed E-state index contributed by atoms with van der Waals surface area (Å²) in [5, 5.41) is 0. The molecular formula is HLiMnOZr. The summed E-state index contributed by atoms with van der Waals surface area (Å²) in [4.78, 5) is 0. The van der Waals surface area contributed by atoms with Crippen LogP contribution >= 0.6 is 0 Å². The fourth-order valence-corrected chi connectivity index (χ4v) is 0. The average Bonchev–Trinajstić information content (AvgIpc) is 1.00. The van der Waals surface area contributed by atoms with Crippen LogP contribution in [0.25, 0.3) is 0 Å². The van der Waals surface area contributed by atoms with Crippen molar-refractivity contribution in [3.8, 4) is 0 Å². The van der Waals surface area contributed by atoms with E-state index in [4.69, 9.17) is 2.81 Å². The summed E-state index contributed by atoms with van der Waals surface area (Å²) in [5.74, 6) is 0. The van der Waals surface area contributed by atoms with E-state index in [9.17, 15) is 0 Å². The molecule has 0 atom stereocenters. The van der Waals surface area contributed by atoms with E-state index in [0.717, 1.165) is 0 Å². The summed E-state index contributed by atoms with van der Waals surface area (Å²) in [6.45, 7) is 0. The zero-order valence-electron chi connectivity index (χ0n) is 3.29. The molecule has 0 aliphatic rings. The van der Waals surface area contributed by atoms with E-state index in [1.54, 1.807) is 0 Å². The second kappa shape index (κ2) is 21.4. The predicted molar refractivity (Wildman–Crippen MR) is 1.80 cm³/mol. The molecule has 0 saturated carbocycles. The molecule has 0 saturated heterocycles. The molecule has 0 aromatic heterocycles. The Labute approximate surface area is 64.3 Å². The zero-order valence-corrected chi connectivity index (χ0v) is 5.92. The van der Waals surface area contributed by atoms with Gasteiger partial charge in [-0.15, -0.1) is 0 Å². The number of rotatable bonds is 0. The first-order valence-electron chi connectivity index (χ1n) is 0.204. The van der Waals surface area contributed by atoms with Gasteiger partial charge in [-0.05, 0) is 0 Å². The van der Waals surface area contributed by atoms with E-state index in [-0.39, 0.29) is 37.4 Å². The van der Waals surface area contributed by atoms with Gasteiger partial charge in [-0.3, -0.25) is 0 Å². The van der Waals surface area contributed by atoms with Gasteiger partial charge >= 0.3 is 46.4 Å². The molecule has 4 heteroatoms. The van der Waals surface area contributed by atoms with Gasteiger partial charge in [-0.2, -0.15) is 0 Å². The van der Waals surface area contributed by atoms with E-state index >= 15 is 0 Å². The molecule has 0 aromatic rings. The summed E-state index contributed by atoms with van der Waals surface area (Å²) in [6.07, 6.45) is 0. The van der Waals surface area contributed by atoms with E-state index in [0.29, 0.717) is 24.7 Å². The summed E-state index contributed by atoms with van der Waals surface area (Å²) in [7, 11) is 0. The first kappa shape index (κ1) is 17.0. The summed E-state index contributed by atoms with van der Waals surface area (Å²) < 4.78 is 8.34. The molecule has 1 nitrogen and oxygen atoms in total. The second-order valence-corrected chi connectivity index (χ2v) is 0. The Morgan fingerprint density at radius 1 is 1.50 bits per heavy atom. The second-order valence-electron chi connectivity index (χ2n) is 0. The molecule has 0 unspecified atom stereocenters. The third-order valence-electron chi connectivity index (χ3n) is 0. The fraction of sp³-hybridized carbons (Fsp3) is 0. The standard InChI is InChI=1S/Li.Mn.O.Zr.H/q+1;;;;-1. The van der Waals surface area contributed by atoms with E-state index < -0.39 is 0 Å². The average molecular weight is 170 g/mol. The van der Waals surface area contributed by atoms with Gasteiger partial charge in [-0.25, -0.2) is 0 Å². The van der Waals surface area contributed by atoms with Crippen LogP contribution in [0.1, 0.15) is 1.43 Å². The molecule has 0 aliphatic carbocycles. The summed E-state index contributed by atoms with van der Waals surface area (Å²) in [5.41, 5.74) is 0. The molecule has 0 aromatic carbocycles. The van der Waals surface area contributed by atoms with Crippen LogP contribution < -0.4 is 18.9 Å². The Kier molecular flexibility index (Phi) is 91.2. The van der Waals surface area contributed by atoms with Gasteiger partial charge in [0, 0.05) is 17.1 Å². The van der Waals surface area contributed by atoms with Crippen molar-refractivity contribution in [2.75, 3.05) is 0 Å². The van der Waals surface area contributed by atoms with Gasteiger partial charge in [0.2, 0.25) is 0 Å². The van der Waals surface area contributed by atoms with Crippen LogP contribution in [0.2, 0.25) is 0 Å². The molecule has 0 N–H and O–H groups in total. The van der Waals surface area contributed by atoms with Gasteiger partial charge in [0.05, 0.1) is 0 Å². The molecule has 0 aliphatic heterocycles. The Hall–Kier alpha value is 1.80. The third kappa shape index (κ3) is 9.20. The van der Waals surface area contributed by atoms with Crippen molar-refractivity contribution in [2.45, 2.75) is 0 Å². The van der Waals surface area contributed by atoms with Crippen LogP contribution in [-0.4, -0.2) is 0 Å². The Morgan fingerprint density at radius 3 is 1.50 bits per heavy atom. The number of hydrogen-bond donors (Lipinski definition) is 0. The maximum atomic E-state index is 8.34.